The van der Waals surface area contributed by atoms with E-state index in [2.05, 4.69) is 20.8 Å². The molecule has 0 bridgehead atoms. The minimum Gasteiger partial charge on any atom is -0.481 e. The SMILES string of the molecule is CCCCCCCCCCCCCC(=O)O.CCCCCCCCCCCCCC(=O)O.CCCCCCCCCCCCCC(=O)O. The van der Waals surface area contributed by atoms with Crippen LogP contribution in [0.4, 0.5) is 0 Å². The van der Waals surface area contributed by atoms with Crippen LogP contribution < -0.4 is 0 Å². The van der Waals surface area contributed by atoms with Crippen LogP contribution in [0.1, 0.15) is 252 Å². The second kappa shape index (κ2) is 47.5. The predicted molar refractivity (Wildman–Crippen MR) is 206 cm³/mol. The summed E-state index contributed by atoms with van der Waals surface area (Å²) in [7, 11) is 0. The predicted octanol–water partition coefficient (Wildman–Crippen LogP) is 14.3. The van der Waals surface area contributed by atoms with Gasteiger partial charge in [-0.15, -0.1) is 0 Å². The Morgan fingerprint density at radius 1 is 0.250 bits per heavy atom. The largest absolute Gasteiger partial charge is 0.481 e. The molecule has 0 saturated heterocycles. The van der Waals surface area contributed by atoms with Gasteiger partial charge in [-0.2, -0.15) is 0 Å². The zero-order valence-corrected chi connectivity index (χ0v) is 32.5. The summed E-state index contributed by atoms with van der Waals surface area (Å²) in [5.41, 5.74) is 0. The van der Waals surface area contributed by atoms with Gasteiger partial charge in [0.1, 0.15) is 0 Å². The lowest BCUT2D eigenvalue weighted by Gasteiger charge is -2.01. The van der Waals surface area contributed by atoms with Crippen LogP contribution in [0.5, 0.6) is 0 Å². The lowest BCUT2D eigenvalue weighted by Crippen LogP contribution is -1.93. The molecule has 0 aliphatic rings. The molecule has 0 aliphatic carbocycles. The average Bonchev–Trinajstić information content (AvgIpc) is 3.05. The molecule has 3 N–H and O–H groups in total. The Bertz CT molecular complexity index is 550. The van der Waals surface area contributed by atoms with E-state index in [1.165, 1.54) is 173 Å². The van der Waals surface area contributed by atoms with Crippen molar-refractivity contribution in [1.29, 1.82) is 0 Å². The molecule has 0 rings (SSSR count). The first-order valence-corrected chi connectivity index (χ1v) is 21.0. The maximum absolute atomic E-state index is 10.3. The molecule has 0 aromatic rings. The summed E-state index contributed by atoms with van der Waals surface area (Å²) in [6.07, 6.45) is 43.1. The molecule has 0 atom stereocenters. The Labute approximate surface area is 299 Å². The van der Waals surface area contributed by atoms with Crippen molar-refractivity contribution in [2.75, 3.05) is 0 Å². The van der Waals surface area contributed by atoms with Gasteiger partial charge in [-0.3, -0.25) is 14.4 Å². The van der Waals surface area contributed by atoms with E-state index in [0.29, 0.717) is 19.3 Å². The molecule has 0 aliphatic heterocycles. The number of carboxylic acid groups (broad SMARTS) is 3. The van der Waals surface area contributed by atoms with Crippen molar-refractivity contribution in [3.8, 4) is 0 Å². The summed E-state index contributed by atoms with van der Waals surface area (Å²) in [4.78, 5) is 30.8. The molecule has 0 amide bonds. The van der Waals surface area contributed by atoms with Crippen molar-refractivity contribution >= 4 is 17.9 Å². The van der Waals surface area contributed by atoms with Crippen LogP contribution >= 0.6 is 0 Å². The second-order valence-corrected chi connectivity index (χ2v) is 14.0. The Balaban J connectivity index is -0.000000633. The number of carbonyl (C=O) groups is 3. The number of hydrogen-bond donors (Lipinski definition) is 3. The van der Waals surface area contributed by atoms with E-state index >= 15 is 0 Å². The molecule has 288 valence electrons. The maximum atomic E-state index is 10.3. The van der Waals surface area contributed by atoms with E-state index in [4.69, 9.17) is 15.3 Å². The number of hydrogen-bond acceptors (Lipinski definition) is 3. The van der Waals surface area contributed by atoms with E-state index < -0.39 is 17.9 Å². The molecule has 0 saturated carbocycles. The van der Waals surface area contributed by atoms with Gasteiger partial charge in [0.15, 0.2) is 0 Å². The maximum Gasteiger partial charge on any atom is 0.303 e. The van der Waals surface area contributed by atoms with Gasteiger partial charge < -0.3 is 15.3 Å². The quantitative estimate of drug-likeness (QED) is 0.0566. The zero-order chi connectivity index (χ0) is 36.2. The number of aliphatic carboxylic acids is 3. The minimum absolute atomic E-state index is 0.344. The van der Waals surface area contributed by atoms with E-state index in [-0.39, 0.29) is 0 Å². The van der Waals surface area contributed by atoms with Crippen LogP contribution in [-0.2, 0) is 14.4 Å². The summed E-state index contributed by atoms with van der Waals surface area (Å²) in [6, 6.07) is 0. The van der Waals surface area contributed by atoms with Gasteiger partial charge in [-0.05, 0) is 19.3 Å². The number of rotatable bonds is 36. The molecule has 6 heteroatoms. The minimum atomic E-state index is -0.657. The van der Waals surface area contributed by atoms with Crippen LogP contribution in [0.2, 0.25) is 0 Å². The van der Waals surface area contributed by atoms with Crippen LogP contribution in [0.15, 0.2) is 0 Å². The summed E-state index contributed by atoms with van der Waals surface area (Å²) in [5, 5.41) is 25.4. The van der Waals surface area contributed by atoms with Crippen molar-refractivity contribution in [2.45, 2.75) is 252 Å². The topological polar surface area (TPSA) is 112 Å². The van der Waals surface area contributed by atoms with Crippen molar-refractivity contribution in [3.05, 3.63) is 0 Å². The molecule has 0 aromatic heterocycles. The summed E-state index contributed by atoms with van der Waals surface area (Å²) >= 11 is 0. The average molecular weight is 685 g/mol. The van der Waals surface area contributed by atoms with Gasteiger partial charge in [-0.1, -0.05) is 213 Å². The highest BCUT2D eigenvalue weighted by molar-refractivity contribution is 5.67. The van der Waals surface area contributed by atoms with Crippen molar-refractivity contribution in [1.82, 2.24) is 0 Å². The second-order valence-electron chi connectivity index (χ2n) is 14.0. The third kappa shape index (κ3) is 59.8. The standard InChI is InChI=1S/3C14H28O2/c3*1-2-3-4-5-6-7-8-9-10-11-12-13-14(15)16/h3*2-13H2,1H3,(H,15,16). The van der Waals surface area contributed by atoms with E-state index in [1.54, 1.807) is 0 Å². The molecular weight excluding hydrogens is 600 g/mol. The fraction of sp³-hybridized carbons (Fsp3) is 0.929. The third-order valence-corrected chi connectivity index (χ3v) is 8.98. The van der Waals surface area contributed by atoms with Crippen molar-refractivity contribution in [3.63, 3.8) is 0 Å². The third-order valence-electron chi connectivity index (χ3n) is 8.98. The highest BCUT2D eigenvalue weighted by Crippen LogP contribution is 2.14. The van der Waals surface area contributed by atoms with E-state index in [0.717, 1.165) is 38.5 Å². The van der Waals surface area contributed by atoms with E-state index in [1.807, 2.05) is 0 Å². The van der Waals surface area contributed by atoms with Crippen LogP contribution in [-0.4, -0.2) is 33.2 Å². The molecule has 0 unspecified atom stereocenters. The summed E-state index contributed by atoms with van der Waals surface area (Å²) in [6.45, 7) is 6.74. The highest BCUT2D eigenvalue weighted by atomic mass is 16.4. The molecule has 0 spiro atoms. The van der Waals surface area contributed by atoms with Gasteiger partial charge in [-0.25, -0.2) is 0 Å². The molecule has 0 aromatic carbocycles. The number of carboxylic acids is 3. The fourth-order valence-electron chi connectivity index (χ4n) is 5.82. The zero-order valence-electron chi connectivity index (χ0n) is 32.5. The van der Waals surface area contributed by atoms with Gasteiger partial charge in [0.2, 0.25) is 0 Å². The van der Waals surface area contributed by atoms with Gasteiger partial charge >= 0.3 is 17.9 Å². The smallest absolute Gasteiger partial charge is 0.303 e. The number of unbranched alkanes of at least 4 members (excludes halogenated alkanes) is 30. The Morgan fingerprint density at radius 2 is 0.375 bits per heavy atom. The summed E-state index contributed by atoms with van der Waals surface area (Å²) < 4.78 is 0. The van der Waals surface area contributed by atoms with Gasteiger partial charge in [0, 0.05) is 19.3 Å². The molecule has 0 heterocycles. The first-order chi connectivity index (χ1) is 23.3. The molecule has 0 fully saturated rings. The van der Waals surface area contributed by atoms with Gasteiger partial charge in [0.25, 0.3) is 0 Å². The van der Waals surface area contributed by atoms with Crippen molar-refractivity contribution < 1.29 is 29.7 Å². The van der Waals surface area contributed by atoms with Crippen LogP contribution in [0.3, 0.4) is 0 Å². The Hall–Kier alpha value is -1.59. The fourth-order valence-corrected chi connectivity index (χ4v) is 5.82. The normalized spacial score (nSPS) is 10.6. The Kier molecular flexibility index (Phi) is 50.3. The monoisotopic (exact) mass is 685 g/mol. The van der Waals surface area contributed by atoms with Crippen molar-refractivity contribution in [2.24, 2.45) is 0 Å². The van der Waals surface area contributed by atoms with Crippen LogP contribution in [0, 0.1) is 0 Å². The molecule has 48 heavy (non-hydrogen) atoms. The van der Waals surface area contributed by atoms with E-state index in [9.17, 15) is 14.4 Å². The highest BCUT2D eigenvalue weighted by Gasteiger charge is 1.99. The van der Waals surface area contributed by atoms with Crippen LogP contribution in [0.25, 0.3) is 0 Å². The Morgan fingerprint density at radius 3 is 0.500 bits per heavy atom. The summed E-state index contributed by atoms with van der Waals surface area (Å²) in [5.74, 6) is -1.97. The first-order valence-electron chi connectivity index (χ1n) is 21.0. The molecule has 0 radical (unpaired) electrons. The molecular formula is C42H84O6. The lowest BCUT2D eigenvalue weighted by molar-refractivity contribution is -0.138. The van der Waals surface area contributed by atoms with Gasteiger partial charge in [0.05, 0.1) is 0 Å². The molecule has 6 nitrogen and oxygen atoms in total. The lowest BCUT2D eigenvalue weighted by atomic mass is 10.1. The first kappa shape index (κ1) is 50.8.